The molecule has 2 rings (SSSR count). The van der Waals surface area contributed by atoms with Gasteiger partial charge in [-0.1, -0.05) is 19.3 Å². The predicted molar refractivity (Wildman–Crippen MR) is 63.2 cm³/mol. The summed E-state index contributed by atoms with van der Waals surface area (Å²) >= 11 is 0. The van der Waals surface area contributed by atoms with Crippen molar-refractivity contribution in [1.29, 1.82) is 0 Å². The van der Waals surface area contributed by atoms with E-state index in [1.807, 2.05) is 0 Å². The second-order valence-electron chi connectivity index (χ2n) is 5.26. The number of ether oxygens (including phenoxy) is 1. The van der Waals surface area contributed by atoms with E-state index in [4.69, 9.17) is 4.74 Å². The van der Waals surface area contributed by atoms with Crippen LogP contribution in [0.2, 0.25) is 0 Å². The number of hydrogen-bond acceptors (Lipinski definition) is 3. The fourth-order valence-electron chi connectivity index (χ4n) is 2.94. The van der Waals surface area contributed by atoms with Gasteiger partial charge in [-0.15, -0.1) is 0 Å². The molecule has 2 aliphatic carbocycles. The molecule has 3 heteroatoms. The lowest BCUT2D eigenvalue weighted by Gasteiger charge is -2.35. The molecule has 0 aliphatic heterocycles. The van der Waals surface area contributed by atoms with Crippen molar-refractivity contribution in [3.8, 4) is 0 Å². The summed E-state index contributed by atoms with van der Waals surface area (Å²) in [5.41, 5.74) is 0. The standard InChI is InChI=1S/C13H23NO2/c1-14(11-6-4-3-5-7-11)12(10-8-9-10)13(15)16-2/h10-12H,3-9H2,1-2H3. The van der Waals surface area contributed by atoms with Crippen LogP contribution in [-0.2, 0) is 9.53 Å². The zero-order valence-electron chi connectivity index (χ0n) is 10.4. The number of rotatable bonds is 4. The first-order chi connectivity index (χ1) is 7.74. The number of likely N-dealkylation sites (N-methyl/N-ethyl adjacent to an activating group) is 1. The van der Waals surface area contributed by atoms with Crippen LogP contribution in [0.3, 0.4) is 0 Å². The summed E-state index contributed by atoms with van der Waals surface area (Å²) in [7, 11) is 3.61. The third-order valence-corrected chi connectivity index (χ3v) is 4.10. The topological polar surface area (TPSA) is 29.5 Å². The Hall–Kier alpha value is -0.570. The van der Waals surface area contributed by atoms with Gasteiger partial charge in [-0.2, -0.15) is 0 Å². The van der Waals surface area contributed by atoms with Gasteiger partial charge in [0, 0.05) is 6.04 Å². The molecule has 0 bridgehead atoms. The molecular weight excluding hydrogens is 202 g/mol. The van der Waals surface area contributed by atoms with Crippen LogP contribution < -0.4 is 0 Å². The van der Waals surface area contributed by atoms with Gasteiger partial charge in [0.1, 0.15) is 6.04 Å². The van der Waals surface area contributed by atoms with Gasteiger partial charge in [0.25, 0.3) is 0 Å². The molecule has 2 fully saturated rings. The first-order valence-corrected chi connectivity index (χ1v) is 6.54. The fourth-order valence-corrected chi connectivity index (χ4v) is 2.94. The molecule has 3 nitrogen and oxygen atoms in total. The van der Waals surface area contributed by atoms with E-state index in [-0.39, 0.29) is 12.0 Å². The number of methoxy groups -OCH3 is 1. The van der Waals surface area contributed by atoms with E-state index in [1.54, 1.807) is 0 Å². The van der Waals surface area contributed by atoms with Crippen LogP contribution in [0.4, 0.5) is 0 Å². The number of esters is 1. The minimum absolute atomic E-state index is 0.0214. The average Bonchev–Trinajstić information content (AvgIpc) is 3.14. The highest BCUT2D eigenvalue weighted by molar-refractivity contribution is 5.76. The van der Waals surface area contributed by atoms with Gasteiger partial charge >= 0.3 is 5.97 Å². The molecule has 1 unspecified atom stereocenters. The van der Waals surface area contributed by atoms with Crippen molar-refractivity contribution < 1.29 is 9.53 Å². The first-order valence-electron chi connectivity index (χ1n) is 6.54. The molecule has 16 heavy (non-hydrogen) atoms. The van der Waals surface area contributed by atoms with Crippen LogP contribution in [0.1, 0.15) is 44.9 Å². The van der Waals surface area contributed by atoms with Gasteiger partial charge < -0.3 is 4.74 Å². The number of hydrogen-bond donors (Lipinski definition) is 0. The molecule has 0 heterocycles. The Balaban J connectivity index is 1.97. The highest BCUT2D eigenvalue weighted by atomic mass is 16.5. The number of nitrogens with zero attached hydrogens (tertiary/aromatic N) is 1. The van der Waals surface area contributed by atoms with E-state index in [0.29, 0.717) is 12.0 Å². The minimum Gasteiger partial charge on any atom is -0.468 e. The second-order valence-corrected chi connectivity index (χ2v) is 5.26. The average molecular weight is 225 g/mol. The van der Waals surface area contributed by atoms with Crippen molar-refractivity contribution in [1.82, 2.24) is 4.90 Å². The molecule has 0 amide bonds. The Kier molecular flexibility index (Phi) is 3.85. The summed E-state index contributed by atoms with van der Waals surface area (Å²) in [5.74, 6) is 0.523. The summed E-state index contributed by atoms with van der Waals surface area (Å²) in [6.07, 6.45) is 8.86. The number of carbonyl (C=O) groups is 1. The maximum Gasteiger partial charge on any atom is 0.323 e. The van der Waals surface area contributed by atoms with Crippen LogP contribution in [0.5, 0.6) is 0 Å². The van der Waals surface area contributed by atoms with Gasteiger partial charge in [-0.25, -0.2) is 0 Å². The molecule has 2 aliphatic rings. The normalized spacial score (nSPS) is 24.4. The van der Waals surface area contributed by atoms with Gasteiger partial charge in [-0.05, 0) is 38.6 Å². The highest BCUT2D eigenvalue weighted by Gasteiger charge is 2.41. The predicted octanol–water partition coefficient (Wildman–Crippen LogP) is 2.20. The SMILES string of the molecule is COC(=O)C(C1CC1)N(C)C1CCCCC1. The van der Waals surface area contributed by atoms with Crippen molar-refractivity contribution in [2.75, 3.05) is 14.2 Å². The zero-order valence-corrected chi connectivity index (χ0v) is 10.4. The van der Waals surface area contributed by atoms with Gasteiger partial charge in [-0.3, -0.25) is 9.69 Å². The Bertz CT molecular complexity index is 244. The monoisotopic (exact) mass is 225 g/mol. The van der Waals surface area contributed by atoms with Crippen LogP contribution in [-0.4, -0.2) is 37.1 Å². The van der Waals surface area contributed by atoms with Crippen LogP contribution in [0.15, 0.2) is 0 Å². The molecular formula is C13H23NO2. The maximum atomic E-state index is 11.8. The maximum absolute atomic E-state index is 11.8. The third kappa shape index (κ3) is 2.57. The third-order valence-electron chi connectivity index (χ3n) is 4.10. The van der Waals surface area contributed by atoms with E-state index in [0.717, 1.165) is 0 Å². The van der Waals surface area contributed by atoms with Crippen molar-refractivity contribution >= 4 is 5.97 Å². The van der Waals surface area contributed by atoms with E-state index < -0.39 is 0 Å². The van der Waals surface area contributed by atoms with E-state index in [2.05, 4.69) is 11.9 Å². The number of carbonyl (C=O) groups excluding carboxylic acids is 1. The quantitative estimate of drug-likeness (QED) is 0.687. The summed E-state index contributed by atoms with van der Waals surface area (Å²) in [6, 6.07) is 0.617. The second kappa shape index (κ2) is 5.17. The highest BCUT2D eigenvalue weighted by Crippen LogP contribution is 2.37. The summed E-state index contributed by atoms with van der Waals surface area (Å²) in [6.45, 7) is 0. The molecule has 0 saturated heterocycles. The Morgan fingerprint density at radius 3 is 2.31 bits per heavy atom. The van der Waals surface area contributed by atoms with Crippen LogP contribution in [0, 0.1) is 5.92 Å². The van der Waals surface area contributed by atoms with Crippen molar-refractivity contribution in [3.63, 3.8) is 0 Å². The molecule has 1 atom stereocenters. The summed E-state index contributed by atoms with van der Waals surface area (Å²) < 4.78 is 4.95. The zero-order chi connectivity index (χ0) is 11.5. The Morgan fingerprint density at radius 2 is 1.81 bits per heavy atom. The largest absolute Gasteiger partial charge is 0.468 e. The smallest absolute Gasteiger partial charge is 0.323 e. The molecule has 0 aromatic rings. The lowest BCUT2D eigenvalue weighted by atomic mass is 9.93. The van der Waals surface area contributed by atoms with Gasteiger partial charge in [0.2, 0.25) is 0 Å². The van der Waals surface area contributed by atoms with Crippen LogP contribution in [0.25, 0.3) is 0 Å². The molecule has 2 saturated carbocycles. The van der Waals surface area contributed by atoms with Crippen molar-refractivity contribution in [2.45, 2.75) is 57.0 Å². The van der Waals surface area contributed by atoms with Crippen molar-refractivity contribution in [2.24, 2.45) is 5.92 Å². The van der Waals surface area contributed by atoms with E-state index in [9.17, 15) is 4.79 Å². The van der Waals surface area contributed by atoms with E-state index in [1.165, 1.54) is 52.1 Å². The molecule has 0 aromatic carbocycles. The lowest BCUT2D eigenvalue weighted by Crippen LogP contribution is -2.47. The van der Waals surface area contributed by atoms with Gasteiger partial charge in [0.05, 0.1) is 7.11 Å². The molecule has 0 N–H and O–H groups in total. The fraction of sp³-hybridized carbons (Fsp3) is 0.923. The first kappa shape index (κ1) is 11.9. The van der Waals surface area contributed by atoms with Crippen LogP contribution >= 0.6 is 0 Å². The van der Waals surface area contributed by atoms with Gasteiger partial charge in [0.15, 0.2) is 0 Å². The molecule has 0 radical (unpaired) electrons. The lowest BCUT2D eigenvalue weighted by molar-refractivity contribution is -0.148. The Morgan fingerprint density at radius 1 is 1.19 bits per heavy atom. The minimum atomic E-state index is -0.0319. The molecule has 92 valence electrons. The molecule has 0 spiro atoms. The molecule has 0 aromatic heterocycles. The summed E-state index contributed by atoms with van der Waals surface area (Å²) in [4.78, 5) is 14.1. The van der Waals surface area contributed by atoms with Crippen molar-refractivity contribution in [3.05, 3.63) is 0 Å². The Labute approximate surface area is 98.1 Å². The van der Waals surface area contributed by atoms with E-state index >= 15 is 0 Å². The summed E-state index contributed by atoms with van der Waals surface area (Å²) in [5, 5.41) is 0.